The van der Waals surface area contributed by atoms with Crippen LogP contribution < -0.4 is 19.9 Å². The number of benzene rings is 2. The van der Waals surface area contributed by atoms with E-state index in [-0.39, 0.29) is 18.2 Å². The predicted octanol–water partition coefficient (Wildman–Crippen LogP) is 3.56. The van der Waals surface area contributed by atoms with E-state index in [4.69, 9.17) is 16.3 Å². The summed E-state index contributed by atoms with van der Waals surface area (Å²) in [5.74, 6) is 0.400. The highest BCUT2D eigenvalue weighted by Gasteiger charge is 2.39. The highest BCUT2D eigenvalue weighted by atomic mass is 35.5. The Labute approximate surface area is 206 Å². The smallest absolute Gasteiger partial charge is 0.251 e. The van der Waals surface area contributed by atoms with Gasteiger partial charge in [0.25, 0.3) is 5.91 Å². The van der Waals surface area contributed by atoms with Crippen molar-refractivity contribution in [2.75, 3.05) is 55.7 Å². The number of carbonyl (C=O) groups excluding carboxylic acids is 2. The highest BCUT2D eigenvalue weighted by Crippen LogP contribution is 2.25. The standard InChI is InChI=1S/C26H33ClN4O3/c1-2-17-34-23-9-7-21(8-10-23)31-25(32)19-24(26(31)33)28-11-4-12-29-13-15-30(16-14-29)22-6-3-5-20(27)18-22/h3,5-10,18,24,28H,2,4,11-17,19H2,1H3/t24-/m1/s1. The van der Waals surface area contributed by atoms with Gasteiger partial charge < -0.3 is 15.0 Å². The van der Waals surface area contributed by atoms with Gasteiger partial charge in [-0.1, -0.05) is 24.6 Å². The summed E-state index contributed by atoms with van der Waals surface area (Å²) in [6.45, 7) is 8.31. The summed E-state index contributed by atoms with van der Waals surface area (Å²) in [6, 6.07) is 14.7. The van der Waals surface area contributed by atoms with Crippen LogP contribution in [-0.2, 0) is 9.59 Å². The van der Waals surface area contributed by atoms with E-state index < -0.39 is 6.04 Å². The molecule has 0 radical (unpaired) electrons. The van der Waals surface area contributed by atoms with Crippen molar-refractivity contribution in [3.63, 3.8) is 0 Å². The van der Waals surface area contributed by atoms with E-state index in [1.807, 2.05) is 25.1 Å². The molecule has 0 saturated carbocycles. The number of hydrogen-bond acceptors (Lipinski definition) is 6. The van der Waals surface area contributed by atoms with Crippen LogP contribution in [0.1, 0.15) is 26.2 Å². The summed E-state index contributed by atoms with van der Waals surface area (Å²) >= 11 is 6.12. The molecule has 8 heteroatoms. The molecule has 2 fully saturated rings. The maximum Gasteiger partial charge on any atom is 0.251 e. The van der Waals surface area contributed by atoms with Crippen molar-refractivity contribution in [1.29, 1.82) is 0 Å². The number of nitrogens with one attached hydrogen (secondary N) is 1. The molecule has 182 valence electrons. The minimum atomic E-state index is -0.455. The largest absolute Gasteiger partial charge is 0.494 e. The Morgan fingerprint density at radius 3 is 2.50 bits per heavy atom. The molecule has 1 N–H and O–H groups in total. The van der Waals surface area contributed by atoms with Crippen LogP contribution in [-0.4, -0.2) is 68.6 Å². The maximum absolute atomic E-state index is 12.8. The van der Waals surface area contributed by atoms with Crippen LogP contribution >= 0.6 is 11.6 Å². The summed E-state index contributed by atoms with van der Waals surface area (Å²) in [6.07, 6.45) is 2.06. The average molecular weight is 485 g/mol. The minimum Gasteiger partial charge on any atom is -0.494 e. The van der Waals surface area contributed by atoms with E-state index in [9.17, 15) is 9.59 Å². The molecule has 0 aliphatic carbocycles. The topological polar surface area (TPSA) is 65.1 Å². The molecule has 34 heavy (non-hydrogen) atoms. The van der Waals surface area contributed by atoms with Crippen molar-refractivity contribution >= 4 is 34.8 Å². The molecular formula is C26H33ClN4O3. The normalized spacial score (nSPS) is 19.2. The Morgan fingerprint density at radius 1 is 1.03 bits per heavy atom. The first-order chi connectivity index (χ1) is 16.5. The van der Waals surface area contributed by atoms with Crippen LogP contribution in [0.3, 0.4) is 0 Å². The zero-order chi connectivity index (χ0) is 23.9. The van der Waals surface area contributed by atoms with E-state index >= 15 is 0 Å². The van der Waals surface area contributed by atoms with E-state index in [2.05, 4.69) is 21.2 Å². The first-order valence-corrected chi connectivity index (χ1v) is 12.5. The maximum atomic E-state index is 12.8. The molecule has 2 saturated heterocycles. The molecule has 0 aromatic heterocycles. The molecule has 0 unspecified atom stereocenters. The molecular weight excluding hydrogens is 452 g/mol. The zero-order valence-electron chi connectivity index (χ0n) is 19.7. The summed E-state index contributed by atoms with van der Waals surface area (Å²) in [4.78, 5) is 31.5. The molecule has 2 heterocycles. The lowest BCUT2D eigenvalue weighted by Gasteiger charge is -2.36. The monoisotopic (exact) mass is 484 g/mol. The number of imide groups is 1. The third kappa shape index (κ3) is 6.09. The molecule has 1 atom stereocenters. The summed E-state index contributed by atoms with van der Waals surface area (Å²) in [5, 5.41) is 4.06. The number of piperazine rings is 1. The van der Waals surface area contributed by atoms with E-state index in [0.29, 0.717) is 18.8 Å². The van der Waals surface area contributed by atoms with Gasteiger partial charge >= 0.3 is 0 Å². The quantitative estimate of drug-likeness (QED) is 0.411. The van der Waals surface area contributed by atoms with Crippen molar-refractivity contribution in [2.45, 2.75) is 32.2 Å². The second-order valence-corrected chi connectivity index (χ2v) is 9.22. The first-order valence-electron chi connectivity index (χ1n) is 12.1. The second-order valence-electron chi connectivity index (χ2n) is 8.78. The van der Waals surface area contributed by atoms with Crippen LogP contribution in [0.5, 0.6) is 5.75 Å². The summed E-state index contributed by atoms with van der Waals surface area (Å²) < 4.78 is 5.58. The fraction of sp³-hybridized carbons (Fsp3) is 0.462. The van der Waals surface area contributed by atoms with Gasteiger partial charge in [-0.05, 0) is 68.4 Å². The lowest BCUT2D eigenvalue weighted by molar-refractivity contribution is -0.121. The SMILES string of the molecule is CCCOc1ccc(N2C(=O)C[C@@H](NCCCN3CCN(c4cccc(Cl)c4)CC3)C2=O)cc1. The number of rotatable bonds is 10. The molecule has 2 aliphatic heterocycles. The van der Waals surface area contributed by atoms with E-state index in [0.717, 1.165) is 56.3 Å². The third-order valence-electron chi connectivity index (χ3n) is 6.30. The van der Waals surface area contributed by atoms with Crippen LogP contribution in [0, 0.1) is 0 Å². The van der Waals surface area contributed by atoms with Crippen molar-refractivity contribution < 1.29 is 14.3 Å². The molecule has 2 aromatic carbocycles. The van der Waals surface area contributed by atoms with Gasteiger partial charge in [0, 0.05) is 36.9 Å². The lowest BCUT2D eigenvalue weighted by Crippen LogP contribution is -2.47. The van der Waals surface area contributed by atoms with Crippen molar-refractivity contribution in [3.05, 3.63) is 53.6 Å². The molecule has 2 amide bonds. The van der Waals surface area contributed by atoms with Gasteiger partial charge in [-0.2, -0.15) is 0 Å². The van der Waals surface area contributed by atoms with Crippen LogP contribution in [0.4, 0.5) is 11.4 Å². The van der Waals surface area contributed by atoms with Crippen LogP contribution in [0.25, 0.3) is 0 Å². The zero-order valence-corrected chi connectivity index (χ0v) is 20.5. The first kappa shape index (κ1) is 24.5. The Bertz CT molecular complexity index is 976. The Hall–Kier alpha value is -2.61. The van der Waals surface area contributed by atoms with Gasteiger partial charge in [-0.3, -0.25) is 14.5 Å². The highest BCUT2D eigenvalue weighted by molar-refractivity contribution is 6.30. The fourth-order valence-electron chi connectivity index (χ4n) is 4.46. The average Bonchev–Trinajstić information content (AvgIpc) is 3.14. The summed E-state index contributed by atoms with van der Waals surface area (Å²) in [7, 11) is 0. The van der Waals surface area contributed by atoms with Gasteiger partial charge in [0.15, 0.2) is 0 Å². The number of ether oxygens (including phenoxy) is 1. The van der Waals surface area contributed by atoms with Gasteiger partial charge in [0.1, 0.15) is 5.75 Å². The van der Waals surface area contributed by atoms with Crippen LogP contribution in [0.2, 0.25) is 5.02 Å². The summed E-state index contributed by atoms with van der Waals surface area (Å²) in [5.41, 5.74) is 1.77. The molecule has 7 nitrogen and oxygen atoms in total. The van der Waals surface area contributed by atoms with Crippen LogP contribution in [0.15, 0.2) is 48.5 Å². The fourth-order valence-corrected chi connectivity index (χ4v) is 4.64. The number of amides is 2. The van der Waals surface area contributed by atoms with Gasteiger partial charge in [-0.25, -0.2) is 4.90 Å². The Kier molecular flexibility index (Phi) is 8.43. The second kappa shape index (κ2) is 11.7. The van der Waals surface area contributed by atoms with Crippen molar-refractivity contribution in [1.82, 2.24) is 10.2 Å². The van der Waals surface area contributed by atoms with Gasteiger partial charge in [-0.15, -0.1) is 0 Å². The molecule has 2 aliphatic rings. The number of hydrogen-bond donors (Lipinski definition) is 1. The van der Waals surface area contributed by atoms with Gasteiger partial charge in [0.2, 0.25) is 5.91 Å². The van der Waals surface area contributed by atoms with Gasteiger partial charge in [0.05, 0.1) is 24.8 Å². The molecule has 2 aromatic rings. The van der Waals surface area contributed by atoms with E-state index in [1.54, 1.807) is 24.3 Å². The number of halogens is 1. The third-order valence-corrected chi connectivity index (χ3v) is 6.54. The van der Waals surface area contributed by atoms with Crippen molar-refractivity contribution in [2.24, 2.45) is 0 Å². The number of carbonyl (C=O) groups is 2. The predicted molar refractivity (Wildman–Crippen MR) is 136 cm³/mol. The molecule has 0 bridgehead atoms. The number of anilines is 2. The van der Waals surface area contributed by atoms with E-state index in [1.165, 1.54) is 10.6 Å². The Balaban J connectivity index is 1.18. The molecule has 4 rings (SSSR count). The lowest BCUT2D eigenvalue weighted by atomic mass is 10.2. The Morgan fingerprint density at radius 2 is 1.79 bits per heavy atom. The van der Waals surface area contributed by atoms with Crippen molar-refractivity contribution in [3.8, 4) is 5.75 Å². The molecule has 0 spiro atoms. The minimum absolute atomic E-state index is 0.165. The number of nitrogens with zero attached hydrogens (tertiary/aromatic N) is 3.